The minimum absolute atomic E-state index is 0.117. The average Bonchev–Trinajstić information content (AvgIpc) is 3.25. The second kappa shape index (κ2) is 8.04. The van der Waals surface area contributed by atoms with Crippen LogP contribution in [-0.4, -0.2) is 22.6 Å². The highest BCUT2D eigenvalue weighted by atomic mass is 32.1. The number of aryl methyl sites for hydroxylation is 1. The first-order valence-corrected chi connectivity index (χ1v) is 9.62. The highest BCUT2D eigenvalue weighted by Crippen LogP contribution is 2.27. The molecule has 0 aliphatic heterocycles. The zero-order chi connectivity index (χ0) is 21.2. The van der Waals surface area contributed by atoms with E-state index in [4.69, 9.17) is 9.15 Å². The molecule has 0 saturated carbocycles. The Hall–Kier alpha value is -3.20. The molecule has 9 heteroatoms. The number of halogens is 1. The van der Waals surface area contributed by atoms with E-state index in [-0.39, 0.29) is 17.1 Å². The molecule has 2 heterocycles. The third-order valence-electron chi connectivity index (χ3n) is 3.60. The molecule has 0 atom stereocenters. The van der Waals surface area contributed by atoms with E-state index < -0.39 is 23.4 Å². The number of amides is 2. The quantitative estimate of drug-likeness (QED) is 0.589. The summed E-state index contributed by atoms with van der Waals surface area (Å²) in [7, 11) is 0. The topological polar surface area (TPSA) is 93.5 Å². The number of benzene rings is 1. The van der Waals surface area contributed by atoms with Crippen LogP contribution in [0.15, 0.2) is 40.1 Å². The number of hydrogen-bond donors (Lipinski definition) is 2. The van der Waals surface area contributed by atoms with E-state index in [1.54, 1.807) is 27.7 Å². The molecule has 1 aromatic carbocycles. The van der Waals surface area contributed by atoms with Crippen LogP contribution in [0.1, 0.15) is 37.0 Å². The lowest BCUT2D eigenvalue weighted by Gasteiger charge is -2.20. The summed E-state index contributed by atoms with van der Waals surface area (Å²) in [6.45, 7) is 6.73. The Labute approximate surface area is 170 Å². The first kappa shape index (κ1) is 20.5. The Morgan fingerprint density at radius 3 is 2.62 bits per heavy atom. The lowest BCUT2D eigenvalue weighted by atomic mass is 10.2. The van der Waals surface area contributed by atoms with Crippen molar-refractivity contribution in [1.29, 1.82) is 0 Å². The van der Waals surface area contributed by atoms with Crippen molar-refractivity contribution < 1.29 is 23.1 Å². The Balaban J connectivity index is 1.75. The number of carbonyl (C=O) groups is 2. The van der Waals surface area contributed by atoms with E-state index in [2.05, 4.69) is 15.6 Å². The minimum Gasteiger partial charge on any atom is -0.444 e. The van der Waals surface area contributed by atoms with Crippen molar-refractivity contribution in [3.05, 3.63) is 53.0 Å². The van der Waals surface area contributed by atoms with E-state index >= 15 is 0 Å². The van der Waals surface area contributed by atoms with E-state index in [0.29, 0.717) is 11.7 Å². The molecule has 2 aromatic heterocycles. The second-order valence-electron chi connectivity index (χ2n) is 7.18. The molecule has 0 unspecified atom stereocenters. The largest absolute Gasteiger partial charge is 0.444 e. The van der Waals surface area contributed by atoms with Gasteiger partial charge in [-0.2, -0.15) is 0 Å². The van der Waals surface area contributed by atoms with Crippen LogP contribution in [0, 0.1) is 12.7 Å². The van der Waals surface area contributed by atoms with Crippen molar-refractivity contribution in [2.45, 2.75) is 33.3 Å². The number of thiophene rings is 1. The maximum atomic E-state index is 14.0. The van der Waals surface area contributed by atoms with Gasteiger partial charge in [-0.25, -0.2) is 14.2 Å². The third kappa shape index (κ3) is 5.20. The first-order chi connectivity index (χ1) is 13.6. The molecule has 152 valence electrons. The molecular weight excluding hydrogens is 397 g/mol. The van der Waals surface area contributed by atoms with Gasteiger partial charge in [0.1, 0.15) is 17.2 Å². The molecule has 7 nitrogen and oxygen atoms in total. The number of oxazole rings is 1. The summed E-state index contributed by atoms with van der Waals surface area (Å²) in [6, 6.07) is 7.51. The lowest BCUT2D eigenvalue weighted by molar-refractivity contribution is 0.0635. The highest BCUT2D eigenvalue weighted by Gasteiger charge is 2.20. The van der Waals surface area contributed by atoms with Crippen LogP contribution in [0.3, 0.4) is 0 Å². The molecule has 0 saturated heterocycles. The number of carbonyl (C=O) groups excluding carboxylic acids is 2. The van der Waals surface area contributed by atoms with Gasteiger partial charge in [0.2, 0.25) is 5.89 Å². The fourth-order valence-corrected chi connectivity index (χ4v) is 3.06. The maximum absolute atomic E-state index is 14.0. The van der Waals surface area contributed by atoms with E-state index in [0.717, 1.165) is 10.9 Å². The van der Waals surface area contributed by atoms with Gasteiger partial charge in [-0.05, 0) is 57.3 Å². The Morgan fingerprint density at radius 1 is 1.21 bits per heavy atom. The zero-order valence-corrected chi connectivity index (χ0v) is 17.1. The smallest absolute Gasteiger partial charge is 0.412 e. The van der Waals surface area contributed by atoms with Gasteiger partial charge in [0.15, 0.2) is 5.69 Å². The van der Waals surface area contributed by atoms with Crippen LogP contribution in [-0.2, 0) is 4.74 Å². The molecule has 2 amide bonds. The van der Waals surface area contributed by atoms with E-state index in [9.17, 15) is 14.0 Å². The molecule has 0 aliphatic rings. The normalized spacial score (nSPS) is 11.2. The molecule has 3 rings (SSSR count). The van der Waals surface area contributed by atoms with Gasteiger partial charge >= 0.3 is 6.09 Å². The number of nitrogens with one attached hydrogen (secondary N) is 2. The van der Waals surface area contributed by atoms with Crippen LogP contribution in [0.2, 0.25) is 0 Å². The van der Waals surface area contributed by atoms with Crippen LogP contribution in [0.25, 0.3) is 10.8 Å². The number of aromatic nitrogens is 1. The fourth-order valence-electron chi connectivity index (χ4n) is 2.42. The van der Waals surface area contributed by atoms with Crippen molar-refractivity contribution in [2.75, 3.05) is 10.6 Å². The Morgan fingerprint density at radius 2 is 1.97 bits per heavy atom. The van der Waals surface area contributed by atoms with Gasteiger partial charge in [0.05, 0.1) is 10.6 Å². The monoisotopic (exact) mass is 417 g/mol. The summed E-state index contributed by atoms with van der Waals surface area (Å²) in [4.78, 5) is 29.5. The minimum atomic E-state index is -0.798. The number of rotatable bonds is 4. The van der Waals surface area contributed by atoms with Crippen molar-refractivity contribution >= 4 is 34.7 Å². The Kier molecular flexibility index (Phi) is 5.69. The SMILES string of the molecule is Cc1oc(-c2cccs2)nc1C(=O)Nc1ccc(F)c(NC(=O)OC(C)(C)C)c1. The number of hydrogen-bond acceptors (Lipinski definition) is 6. The van der Waals surface area contributed by atoms with Crippen molar-refractivity contribution in [2.24, 2.45) is 0 Å². The standard InChI is InChI=1S/C20H20FN3O4S/c1-11-16(24-18(27-11)15-6-5-9-29-15)17(25)22-12-7-8-13(21)14(10-12)23-19(26)28-20(2,3)4/h5-10H,1-4H3,(H,22,25)(H,23,26). The summed E-state index contributed by atoms with van der Waals surface area (Å²) < 4.78 is 24.7. The summed E-state index contributed by atoms with van der Waals surface area (Å²) in [5.41, 5.74) is -0.438. The van der Waals surface area contributed by atoms with E-state index in [1.165, 1.54) is 23.5 Å². The van der Waals surface area contributed by atoms with Crippen LogP contribution in [0.5, 0.6) is 0 Å². The summed E-state index contributed by atoms with van der Waals surface area (Å²) >= 11 is 1.45. The molecule has 3 aromatic rings. The van der Waals surface area contributed by atoms with Crippen molar-refractivity contribution in [3.8, 4) is 10.8 Å². The van der Waals surface area contributed by atoms with E-state index in [1.807, 2.05) is 17.5 Å². The average molecular weight is 417 g/mol. The third-order valence-corrected chi connectivity index (χ3v) is 4.46. The first-order valence-electron chi connectivity index (χ1n) is 8.74. The zero-order valence-electron chi connectivity index (χ0n) is 16.3. The molecule has 2 N–H and O–H groups in total. The lowest BCUT2D eigenvalue weighted by Crippen LogP contribution is -2.27. The Bertz CT molecular complexity index is 1040. The summed E-state index contributed by atoms with van der Waals surface area (Å²) in [5.74, 6) is -0.454. The van der Waals surface area contributed by atoms with Gasteiger partial charge < -0.3 is 14.5 Å². The summed E-state index contributed by atoms with van der Waals surface area (Å²) in [6.07, 6.45) is -0.798. The van der Waals surface area contributed by atoms with Crippen LogP contribution in [0.4, 0.5) is 20.6 Å². The van der Waals surface area contributed by atoms with Gasteiger partial charge in [-0.1, -0.05) is 6.07 Å². The molecule has 0 aliphatic carbocycles. The maximum Gasteiger partial charge on any atom is 0.412 e. The van der Waals surface area contributed by atoms with Gasteiger partial charge in [-0.3, -0.25) is 10.1 Å². The molecule has 0 spiro atoms. The molecular formula is C20H20FN3O4S. The predicted octanol–water partition coefficient (Wildman–Crippen LogP) is 5.45. The number of anilines is 2. The number of nitrogens with zero attached hydrogens (tertiary/aromatic N) is 1. The number of ether oxygens (including phenoxy) is 1. The predicted molar refractivity (Wildman–Crippen MR) is 109 cm³/mol. The summed E-state index contributed by atoms with van der Waals surface area (Å²) in [5, 5.41) is 6.85. The fraction of sp³-hybridized carbons (Fsp3) is 0.250. The highest BCUT2D eigenvalue weighted by molar-refractivity contribution is 7.13. The molecule has 0 bridgehead atoms. The van der Waals surface area contributed by atoms with Gasteiger partial charge in [0.25, 0.3) is 5.91 Å². The molecule has 0 radical (unpaired) electrons. The molecule has 0 fully saturated rings. The van der Waals surface area contributed by atoms with Crippen molar-refractivity contribution in [3.63, 3.8) is 0 Å². The van der Waals surface area contributed by atoms with Gasteiger partial charge in [0, 0.05) is 5.69 Å². The van der Waals surface area contributed by atoms with Gasteiger partial charge in [-0.15, -0.1) is 11.3 Å². The second-order valence-corrected chi connectivity index (χ2v) is 8.12. The van der Waals surface area contributed by atoms with Crippen molar-refractivity contribution in [1.82, 2.24) is 4.98 Å². The van der Waals surface area contributed by atoms with Crippen LogP contribution < -0.4 is 10.6 Å². The van der Waals surface area contributed by atoms with Crippen LogP contribution >= 0.6 is 11.3 Å². The molecule has 29 heavy (non-hydrogen) atoms.